The van der Waals surface area contributed by atoms with Crippen LogP contribution in [0.2, 0.25) is 0 Å². The second-order valence-electron chi connectivity index (χ2n) is 4.40. The van der Waals surface area contributed by atoms with Crippen molar-refractivity contribution in [2.45, 2.75) is 38.7 Å². The summed E-state index contributed by atoms with van der Waals surface area (Å²) in [5, 5.41) is 2.31. The first-order valence-corrected chi connectivity index (χ1v) is 5.91. The number of ether oxygens (including phenoxy) is 1. The van der Waals surface area contributed by atoms with Gasteiger partial charge >= 0.3 is 12.4 Å². The highest BCUT2D eigenvalue weighted by Gasteiger charge is 2.60. The quantitative estimate of drug-likeness (QED) is 0.727. The zero-order chi connectivity index (χ0) is 15.3. The van der Waals surface area contributed by atoms with E-state index < -0.39 is 30.2 Å². The van der Waals surface area contributed by atoms with Crippen LogP contribution in [0.5, 0.6) is 0 Å². The molecule has 19 heavy (non-hydrogen) atoms. The normalized spacial score (nSPS) is 16.7. The number of methoxy groups -OCH3 is 1. The van der Waals surface area contributed by atoms with Gasteiger partial charge in [-0.2, -0.15) is 26.3 Å². The van der Waals surface area contributed by atoms with Crippen LogP contribution in [0.3, 0.4) is 0 Å². The molecule has 8 heteroatoms. The number of rotatable bonds is 7. The SMILES string of the molecule is CCNC(C(C)CCOC)C(C(F)(F)F)C(F)(F)F. The molecule has 1 N–H and O–H groups in total. The van der Waals surface area contributed by atoms with E-state index in [1.165, 1.54) is 21.0 Å². The minimum atomic E-state index is -5.33. The number of hydrogen-bond acceptors (Lipinski definition) is 2. The molecule has 2 unspecified atom stereocenters. The largest absolute Gasteiger partial charge is 0.402 e. The predicted octanol–water partition coefficient (Wildman–Crippen LogP) is 3.38. The van der Waals surface area contributed by atoms with Crippen LogP contribution in [0.4, 0.5) is 26.3 Å². The van der Waals surface area contributed by atoms with Crippen LogP contribution < -0.4 is 5.32 Å². The van der Waals surface area contributed by atoms with Crippen molar-refractivity contribution in [2.24, 2.45) is 11.8 Å². The fourth-order valence-corrected chi connectivity index (χ4v) is 1.96. The van der Waals surface area contributed by atoms with Crippen molar-refractivity contribution in [3.8, 4) is 0 Å². The summed E-state index contributed by atoms with van der Waals surface area (Å²) in [6, 6.07) is -1.71. The molecule has 0 fully saturated rings. The zero-order valence-electron chi connectivity index (χ0n) is 11.0. The molecule has 0 aromatic rings. The summed E-state index contributed by atoms with van der Waals surface area (Å²) in [5.41, 5.74) is 0. The summed E-state index contributed by atoms with van der Waals surface area (Å²) >= 11 is 0. The van der Waals surface area contributed by atoms with E-state index >= 15 is 0 Å². The lowest BCUT2D eigenvalue weighted by Crippen LogP contribution is -2.54. The van der Waals surface area contributed by atoms with Gasteiger partial charge in [-0.25, -0.2) is 0 Å². The molecule has 0 aliphatic heterocycles. The lowest BCUT2D eigenvalue weighted by Gasteiger charge is -2.34. The average molecular weight is 295 g/mol. The standard InChI is InChI=1S/C11H19F6NO/c1-4-18-8(7(2)5-6-19-3)9(10(12,13)14)11(15,16)17/h7-9,18H,4-6H2,1-3H3. The first-order chi connectivity index (χ1) is 8.55. The Labute approximate surface area is 108 Å². The summed E-state index contributed by atoms with van der Waals surface area (Å²) in [6.07, 6.45) is -10.5. The highest BCUT2D eigenvalue weighted by Crippen LogP contribution is 2.43. The molecule has 0 aromatic heterocycles. The van der Waals surface area contributed by atoms with Gasteiger partial charge in [0, 0.05) is 19.8 Å². The van der Waals surface area contributed by atoms with E-state index in [0.29, 0.717) is 0 Å². The molecular weight excluding hydrogens is 276 g/mol. The van der Waals surface area contributed by atoms with Crippen molar-refractivity contribution >= 4 is 0 Å². The van der Waals surface area contributed by atoms with Crippen LogP contribution in [0.1, 0.15) is 20.3 Å². The van der Waals surface area contributed by atoms with Gasteiger partial charge in [0.2, 0.25) is 0 Å². The maximum absolute atomic E-state index is 12.7. The van der Waals surface area contributed by atoms with Gasteiger partial charge in [-0.15, -0.1) is 0 Å². The molecule has 2 atom stereocenters. The second kappa shape index (κ2) is 7.33. The zero-order valence-corrected chi connectivity index (χ0v) is 11.0. The van der Waals surface area contributed by atoms with Crippen molar-refractivity contribution in [2.75, 3.05) is 20.3 Å². The first kappa shape index (κ1) is 18.5. The van der Waals surface area contributed by atoms with Crippen LogP contribution in [-0.4, -0.2) is 38.7 Å². The highest BCUT2D eigenvalue weighted by molar-refractivity contribution is 4.90. The number of alkyl halides is 6. The molecule has 0 rings (SSSR count). The molecule has 116 valence electrons. The third kappa shape index (κ3) is 5.99. The second-order valence-corrected chi connectivity index (χ2v) is 4.40. The molecule has 2 nitrogen and oxygen atoms in total. The lowest BCUT2D eigenvalue weighted by atomic mass is 9.86. The van der Waals surface area contributed by atoms with Gasteiger partial charge in [0.25, 0.3) is 0 Å². The monoisotopic (exact) mass is 295 g/mol. The van der Waals surface area contributed by atoms with Crippen molar-refractivity contribution in [1.82, 2.24) is 5.32 Å². The van der Waals surface area contributed by atoms with E-state index in [1.807, 2.05) is 0 Å². The van der Waals surface area contributed by atoms with Crippen LogP contribution in [-0.2, 0) is 4.74 Å². The molecule has 0 spiro atoms. The van der Waals surface area contributed by atoms with Crippen LogP contribution >= 0.6 is 0 Å². The van der Waals surface area contributed by atoms with Gasteiger partial charge < -0.3 is 10.1 Å². The summed E-state index contributed by atoms with van der Waals surface area (Å²) in [4.78, 5) is 0. The third-order valence-electron chi connectivity index (χ3n) is 2.89. The topological polar surface area (TPSA) is 21.3 Å². The Balaban J connectivity index is 5.17. The first-order valence-electron chi connectivity index (χ1n) is 5.91. The van der Waals surface area contributed by atoms with Crippen molar-refractivity contribution in [1.29, 1.82) is 0 Å². The number of hydrogen-bond donors (Lipinski definition) is 1. The summed E-state index contributed by atoms with van der Waals surface area (Å²) in [6.45, 7) is 2.98. The lowest BCUT2D eigenvalue weighted by molar-refractivity contribution is -0.295. The van der Waals surface area contributed by atoms with Gasteiger partial charge in [0.1, 0.15) is 0 Å². The smallest absolute Gasteiger partial charge is 0.385 e. The number of halogens is 6. The minimum Gasteiger partial charge on any atom is -0.385 e. The van der Waals surface area contributed by atoms with Crippen molar-refractivity contribution in [3.05, 3.63) is 0 Å². The summed E-state index contributed by atoms with van der Waals surface area (Å²) < 4.78 is 80.8. The third-order valence-corrected chi connectivity index (χ3v) is 2.89. The van der Waals surface area contributed by atoms with E-state index in [2.05, 4.69) is 5.32 Å². The molecule has 0 saturated heterocycles. The molecule has 0 aromatic carbocycles. The van der Waals surface area contributed by atoms with Gasteiger partial charge in [-0.05, 0) is 18.9 Å². The maximum atomic E-state index is 12.7. The van der Waals surface area contributed by atoms with E-state index in [0.717, 1.165) is 0 Å². The van der Waals surface area contributed by atoms with Gasteiger partial charge in [0.15, 0.2) is 5.92 Å². The molecule has 0 aliphatic carbocycles. The Morgan fingerprint density at radius 2 is 1.53 bits per heavy atom. The van der Waals surface area contributed by atoms with Crippen LogP contribution in [0, 0.1) is 11.8 Å². The van der Waals surface area contributed by atoms with E-state index in [9.17, 15) is 26.3 Å². The van der Waals surface area contributed by atoms with Crippen molar-refractivity contribution < 1.29 is 31.1 Å². The minimum absolute atomic E-state index is 0.0324. The summed E-state index contributed by atoms with van der Waals surface area (Å²) in [5.74, 6) is -4.18. The van der Waals surface area contributed by atoms with E-state index in [1.54, 1.807) is 0 Å². The Morgan fingerprint density at radius 3 is 1.84 bits per heavy atom. The molecular formula is C11H19F6NO. The van der Waals surface area contributed by atoms with Crippen LogP contribution in [0.15, 0.2) is 0 Å². The predicted molar refractivity (Wildman–Crippen MR) is 58.7 cm³/mol. The van der Waals surface area contributed by atoms with Crippen LogP contribution in [0.25, 0.3) is 0 Å². The Kier molecular flexibility index (Phi) is 7.13. The Bertz CT molecular complexity index is 239. The fraction of sp³-hybridized carbons (Fsp3) is 1.00. The molecule has 0 bridgehead atoms. The van der Waals surface area contributed by atoms with Gasteiger partial charge in [-0.3, -0.25) is 0 Å². The summed E-state index contributed by atoms with van der Waals surface area (Å²) in [7, 11) is 1.35. The van der Waals surface area contributed by atoms with E-state index in [-0.39, 0.29) is 19.6 Å². The van der Waals surface area contributed by atoms with Crippen molar-refractivity contribution in [3.63, 3.8) is 0 Å². The number of nitrogens with one attached hydrogen (secondary N) is 1. The molecule has 0 radical (unpaired) electrons. The Hall–Kier alpha value is -0.500. The Morgan fingerprint density at radius 1 is 1.05 bits per heavy atom. The molecule has 0 aliphatic rings. The maximum Gasteiger partial charge on any atom is 0.402 e. The molecule has 0 saturated carbocycles. The molecule has 0 amide bonds. The fourth-order valence-electron chi connectivity index (χ4n) is 1.96. The van der Waals surface area contributed by atoms with Gasteiger partial charge in [0.05, 0.1) is 0 Å². The van der Waals surface area contributed by atoms with Gasteiger partial charge in [-0.1, -0.05) is 13.8 Å². The highest BCUT2D eigenvalue weighted by atomic mass is 19.4. The van der Waals surface area contributed by atoms with E-state index in [4.69, 9.17) is 4.74 Å². The average Bonchev–Trinajstić information content (AvgIpc) is 2.21. The molecule has 0 heterocycles.